The van der Waals surface area contributed by atoms with Gasteiger partial charge in [-0.05, 0) is 18.9 Å². The van der Waals surface area contributed by atoms with Crippen molar-refractivity contribution in [3.8, 4) is 22.8 Å². The van der Waals surface area contributed by atoms with Gasteiger partial charge < -0.3 is 20.1 Å². The summed E-state index contributed by atoms with van der Waals surface area (Å²) in [7, 11) is 3.10. The van der Waals surface area contributed by atoms with Gasteiger partial charge in [-0.2, -0.15) is 0 Å². The summed E-state index contributed by atoms with van der Waals surface area (Å²) in [5.74, 6) is 1.91. The highest BCUT2D eigenvalue weighted by atomic mass is 35.5. The van der Waals surface area contributed by atoms with Crippen LogP contribution in [0.25, 0.3) is 22.2 Å². The molecule has 2 N–H and O–H groups in total. The summed E-state index contributed by atoms with van der Waals surface area (Å²) in [4.78, 5) is 15.8. The molecule has 0 bridgehead atoms. The van der Waals surface area contributed by atoms with Crippen LogP contribution in [-0.2, 0) is 0 Å². The molecule has 1 saturated heterocycles. The molecule has 5 rings (SSSR count). The molecule has 9 heteroatoms. The average Bonchev–Trinajstić information content (AvgIpc) is 2.66. The Bertz CT molecular complexity index is 1130. The van der Waals surface area contributed by atoms with Crippen LogP contribution in [0.5, 0.6) is 11.5 Å². The third kappa shape index (κ3) is 2.91. The lowest BCUT2D eigenvalue weighted by molar-refractivity contribution is 0.0899. The summed E-state index contributed by atoms with van der Waals surface area (Å²) < 4.78 is 10.8. The van der Waals surface area contributed by atoms with Crippen molar-refractivity contribution in [3.05, 3.63) is 28.4 Å². The van der Waals surface area contributed by atoms with E-state index >= 15 is 0 Å². The number of hydrogen-bond acceptors (Lipinski definition) is 7. The van der Waals surface area contributed by atoms with Crippen molar-refractivity contribution < 1.29 is 9.47 Å². The summed E-state index contributed by atoms with van der Waals surface area (Å²) in [5, 5.41) is 1.56. The smallest absolute Gasteiger partial charge is 0.220 e. The summed E-state index contributed by atoms with van der Waals surface area (Å²) in [6.45, 7) is 1.93. The molecule has 2 aliphatic rings. The van der Waals surface area contributed by atoms with E-state index in [-0.39, 0.29) is 5.95 Å². The predicted molar refractivity (Wildman–Crippen MR) is 119 cm³/mol. The number of benzene rings is 1. The molecule has 7 nitrogen and oxygen atoms in total. The van der Waals surface area contributed by atoms with Crippen LogP contribution < -0.4 is 20.1 Å². The van der Waals surface area contributed by atoms with Crippen LogP contribution in [0.4, 0.5) is 11.8 Å². The number of pyridine rings is 1. The average molecular weight is 446 g/mol. The molecule has 156 valence electrons. The SMILES string of the molecule is COc1cc(OC)c(Cl)c(-c2cc3cnc(N)nc3c(N3CC4(CCC4)C3)n2)c1Cl. The zero-order valence-electron chi connectivity index (χ0n) is 16.7. The first kappa shape index (κ1) is 19.5. The number of ether oxygens (including phenoxy) is 2. The van der Waals surface area contributed by atoms with Crippen LogP contribution in [0.3, 0.4) is 0 Å². The van der Waals surface area contributed by atoms with Crippen LogP contribution in [0, 0.1) is 5.41 Å². The van der Waals surface area contributed by atoms with Crippen LogP contribution in [0.2, 0.25) is 10.0 Å². The number of aromatic nitrogens is 3. The molecule has 0 amide bonds. The molecule has 1 aliphatic heterocycles. The molecule has 0 radical (unpaired) electrons. The number of rotatable bonds is 4. The summed E-state index contributed by atoms with van der Waals surface area (Å²) in [6, 6.07) is 3.53. The molecule has 30 heavy (non-hydrogen) atoms. The van der Waals surface area contributed by atoms with E-state index < -0.39 is 0 Å². The highest BCUT2D eigenvalue weighted by Gasteiger charge is 2.48. The van der Waals surface area contributed by atoms with Crippen molar-refractivity contribution in [2.45, 2.75) is 19.3 Å². The molecule has 0 unspecified atom stereocenters. The first-order valence-corrected chi connectivity index (χ1v) is 10.5. The summed E-state index contributed by atoms with van der Waals surface area (Å²) in [6.07, 6.45) is 5.53. The maximum atomic E-state index is 6.64. The molecule has 1 spiro atoms. The van der Waals surface area contributed by atoms with Crippen molar-refractivity contribution >= 4 is 45.9 Å². The number of nitrogen functional groups attached to an aromatic ring is 1. The fraction of sp³-hybridized carbons (Fsp3) is 0.381. The number of anilines is 2. The van der Waals surface area contributed by atoms with Gasteiger partial charge in [-0.25, -0.2) is 15.0 Å². The molecule has 2 fully saturated rings. The Hall–Kier alpha value is -2.51. The lowest BCUT2D eigenvalue weighted by atomic mass is 9.63. The Balaban J connectivity index is 1.70. The highest BCUT2D eigenvalue weighted by Crippen LogP contribution is 2.51. The molecule has 0 atom stereocenters. The van der Waals surface area contributed by atoms with E-state index in [1.165, 1.54) is 19.3 Å². The molecular formula is C21H21Cl2N5O2. The Morgan fingerprint density at radius 2 is 1.70 bits per heavy atom. The molecule has 1 saturated carbocycles. The monoisotopic (exact) mass is 445 g/mol. The number of halogens is 2. The van der Waals surface area contributed by atoms with Crippen molar-refractivity contribution in [2.75, 3.05) is 37.9 Å². The van der Waals surface area contributed by atoms with Gasteiger partial charge in [0, 0.05) is 41.7 Å². The number of methoxy groups -OCH3 is 2. The van der Waals surface area contributed by atoms with Gasteiger partial charge in [0.05, 0.1) is 30.0 Å². The van der Waals surface area contributed by atoms with Crippen LogP contribution in [0.15, 0.2) is 18.3 Å². The molecule has 2 aromatic heterocycles. The number of fused-ring (bicyclic) bond motifs is 1. The third-order valence-electron chi connectivity index (χ3n) is 6.16. The fourth-order valence-corrected chi connectivity index (χ4v) is 5.10. The quantitative estimate of drug-likeness (QED) is 0.628. The van der Waals surface area contributed by atoms with Crippen LogP contribution >= 0.6 is 23.2 Å². The van der Waals surface area contributed by atoms with Crippen LogP contribution in [0.1, 0.15) is 19.3 Å². The Labute approximate surface area is 184 Å². The van der Waals surface area contributed by atoms with E-state index in [4.69, 9.17) is 43.4 Å². The zero-order valence-corrected chi connectivity index (χ0v) is 18.2. The topological polar surface area (TPSA) is 86.4 Å². The van der Waals surface area contributed by atoms with E-state index in [0.29, 0.717) is 38.2 Å². The first-order valence-electron chi connectivity index (χ1n) is 9.73. The number of hydrogen-bond donors (Lipinski definition) is 1. The second-order valence-electron chi connectivity index (χ2n) is 7.99. The molecule has 1 aromatic carbocycles. The second kappa shape index (κ2) is 7.03. The van der Waals surface area contributed by atoms with Crippen molar-refractivity contribution in [2.24, 2.45) is 5.41 Å². The minimum absolute atomic E-state index is 0.219. The van der Waals surface area contributed by atoms with Crippen molar-refractivity contribution in [1.82, 2.24) is 15.0 Å². The molecule has 3 heterocycles. The first-order chi connectivity index (χ1) is 14.4. The zero-order chi connectivity index (χ0) is 21.0. The van der Waals surface area contributed by atoms with Gasteiger partial charge in [0.1, 0.15) is 17.0 Å². The van der Waals surface area contributed by atoms with E-state index in [0.717, 1.165) is 29.8 Å². The number of nitrogens with zero attached hydrogens (tertiary/aromatic N) is 4. The van der Waals surface area contributed by atoms with E-state index in [9.17, 15) is 0 Å². The van der Waals surface area contributed by atoms with Gasteiger partial charge >= 0.3 is 0 Å². The number of nitrogens with two attached hydrogens (primary N) is 1. The van der Waals surface area contributed by atoms with Gasteiger partial charge in [0.15, 0.2) is 5.82 Å². The summed E-state index contributed by atoms with van der Waals surface area (Å²) >= 11 is 13.3. The maximum absolute atomic E-state index is 6.64. The standard InChI is InChI=1S/C21H21Cl2N5O2/c1-29-13-7-14(30-2)17(23)15(16(13)22)12-6-11-8-25-20(24)27-18(11)19(26-12)28-9-21(10-28)4-3-5-21/h6-8H,3-5,9-10H2,1-2H3,(H2,24,25,27). The van der Waals surface area contributed by atoms with Gasteiger partial charge in [-0.3, -0.25) is 0 Å². The minimum Gasteiger partial charge on any atom is -0.495 e. The summed E-state index contributed by atoms with van der Waals surface area (Å²) in [5.41, 5.74) is 8.18. The lowest BCUT2D eigenvalue weighted by Crippen LogP contribution is -2.60. The molecule has 3 aromatic rings. The second-order valence-corrected chi connectivity index (χ2v) is 8.75. The Morgan fingerprint density at radius 1 is 1.03 bits per heavy atom. The lowest BCUT2D eigenvalue weighted by Gasteiger charge is -2.56. The van der Waals surface area contributed by atoms with E-state index in [2.05, 4.69) is 14.9 Å². The molecular weight excluding hydrogens is 425 g/mol. The van der Waals surface area contributed by atoms with E-state index in [1.807, 2.05) is 6.07 Å². The maximum Gasteiger partial charge on any atom is 0.220 e. The van der Waals surface area contributed by atoms with Gasteiger partial charge in [-0.1, -0.05) is 29.6 Å². The highest BCUT2D eigenvalue weighted by molar-refractivity contribution is 6.41. The minimum atomic E-state index is 0.219. The van der Waals surface area contributed by atoms with Gasteiger partial charge in [-0.15, -0.1) is 0 Å². The van der Waals surface area contributed by atoms with Crippen molar-refractivity contribution in [3.63, 3.8) is 0 Å². The van der Waals surface area contributed by atoms with Gasteiger partial charge in [0.25, 0.3) is 0 Å². The molecule has 1 aliphatic carbocycles. The van der Waals surface area contributed by atoms with Crippen LogP contribution in [-0.4, -0.2) is 42.3 Å². The predicted octanol–water partition coefficient (Wildman–Crippen LogP) is 4.59. The van der Waals surface area contributed by atoms with E-state index in [1.54, 1.807) is 26.5 Å². The Morgan fingerprint density at radius 3 is 2.27 bits per heavy atom. The van der Waals surface area contributed by atoms with Gasteiger partial charge in [0.2, 0.25) is 5.95 Å². The Kier molecular flexibility index (Phi) is 4.56. The third-order valence-corrected chi connectivity index (χ3v) is 6.91. The van der Waals surface area contributed by atoms with Crippen molar-refractivity contribution in [1.29, 1.82) is 0 Å². The largest absolute Gasteiger partial charge is 0.495 e. The normalized spacial score (nSPS) is 17.0. The fourth-order valence-electron chi connectivity index (χ4n) is 4.40.